The molecule has 3 heterocycles. The lowest BCUT2D eigenvalue weighted by molar-refractivity contribution is 0.670. The predicted molar refractivity (Wildman–Crippen MR) is 207 cm³/mol. The standard InChI is InChI=1S/C45H27N3OS/c1-4-12-28(13-5-1)31-22-24-34-35-25-23-32(27-40(35)50-39(34)26-31)44-46-43(30-16-8-3-9-17-30)47-45(48-44)38-21-11-20-37-36-19-10-18-33(41(36)49-42(37)38)29-14-6-2-7-15-29/h1-27H. The Morgan fingerprint density at radius 2 is 0.840 bits per heavy atom. The maximum atomic E-state index is 6.75. The molecule has 0 unspecified atom stereocenters. The van der Waals surface area contributed by atoms with E-state index in [1.54, 1.807) is 11.3 Å². The van der Waals surface area contributed by atoms with E-state index in [-0.39, 0.29) is 0 Å². The maximum Gasteiger partial charge on any atom is 0.167 e. The minimum Gasteiger partial charge on any atom is -0.455 e. The van der Waals surface area contributed by atoms with Crippen LogP contribution < -0.4 is 0 Å². The van der Waals surface area contributed by atoms with Crippen LogP contribution in [0, 0.1) is 0 Å². The summed E-state index contributed by atoms with van der Waals surface area (Å²) in [5.41, 5.74) is 8.91. The summed E-state index contributed by atoms with van der Waals surface area (Å²) < 4.78 is 9.20. The number of furan rings is 1. The zero-order valence-corrected chi connectivity index (χ0v) is 27.6. The van der Waals surface area contributed by atoms with Gasteiger partial charge in [0.25, 0.3) is 0 Å². The molecule has 0 aliphatic rings. The van der Waals surface area contributed by atoms with Crippen molar-refractivity contribution < 1.29 is 4.42 Å². The Kier molecular flexibility index (Phi) is 6.64. The molecule has 0 atom stereocenters. The Balaban J connectivity index is 1.15. The van der Waals surface area contributed by atoms with Crippen LogP contribution in [0.5, 0.6) is 0 Å². The molecule has 0 fully saturated rings. The van der Waals surface area contributed by atoms with Crippen LogP contribution in [0.15, 0.2) is 168 Å². The normalized spacial score (nSPS) is 11.6. The molecule has 0 radical (unpaired) electrons. The lowest BCUT2D eigenvalue weighted by Gasteiger charge is -2.09. The molecule has 50 heavy (non-hydrogen) atoms. The SMILES string of the molecule is c1ccc(-c2ccc3c(c2)sc2cc(-c4nc(-c5ccccc5)nc(-c5cccc6c5oc5c(-c7ccccc7)cccc56)n4)ccc23)cc1. The molecule has 0 N–H and O–H groups in total. The summed E-state index contributed by atoms with van der Waals surface area (Å²) in [7, 11) is 0. The van der Waals surface area contributed by atoms with E-state index in [0.29, 0.717) is 17.5 Å². The number of aromatic nitrogens is 3. The summed E-state index contributed by atoms with van der Waals surface area (Å²) in [5.74, 6) is 1.81. The van der Waals surface area contributed by atoms with Crippen LogP contribution in [0.3, 0.4) is 0 Å². The lowest BCUT2D eigenvalue weighted by atomic mass is 10.0. The average Bonchev–Trinajstić information content (AvgIpc) is 3.76. The van der Waals surface area contributed by atoms with E-state index in [1.165, 1.54) is 31.3 Å². The summed E-state index contributed by atoms with van der Waals surface area (Å²) in [6, 6.07) is 56.8. The summed E-state index contributed by atoms with van der Waals surface area (Å²) >= 11 is 1.80. The fourth-order valence-corrected chi connectivity index (χ4v) is 8.09. The number of rotatable bonds is 5. The molecular formula is C45H27N3OS. The van der Waals surface area contributed by atoms with E-state index in [9.17, 15) is 0 Å². The van der Waals surface area contributed by atoms with Crippen LogP contribution in [0.4, 0.5) is 0 Å². The smallest absolute Gasteiger partial charge is 0.167 e. The van der Waals surface area contributed by atoms with Crippen molar-refractivity contribution in [3.63, 3.8) is 0 Å². The number of thiophene rings is 1. The molecule has 0 saturated heterocycles. The Bertz CT molecular complexity index is 2860. The van der Waals surface area contributed by atoms with Gasteiger partial charge in [0.1, 0.15) is 11.2 Å². The van der Waals surface area contributed by atoms with Crippen LogP contribution in [-0.4, -0.2) is 15.0 Å². The fraction of sp³-hybridized carbons (Fsp3) is 0. The molecule has 5 heteroatoms. The zero-order chi connectivity index (χ0) is 33.0. The Morgan fingerprint density at radius 1 is 0.340 bits per heavy atom. The highest BCUT2D eigenvalue weighted by atomic mass is 32.1. The predicted octanol–water partition coefficient (Wildman–Crippen LogP) is 12.5. The van der Waals surface area contributed by atoms with Crippen molar-refractivity contribution in [3.8, 4) is 56.4 Å². The highest BCUT2D eigenvalue weighted by Gasteiger charge is 2.20. The minimum atomic E-state index is 0.573. The molecule has 0 spiro atoms. The molecule has 234 valence electrons. The number of fused-ring (bicyclic) bond motifs is 6. The van der Waals surface area contributed by atoms with Crippen molar-refractivity contribution in [3.05, 3.63) is 164 Å². The monoisotopic (exact) mass is 657 g/mol. The van der Waals surface area contributed by atoms with Gasteiger partial charge in [-0.3, -0.25) is 0 Å². The van der Waals surface area contributed by atoms with E-state index < -0.39 is 0 Å². The molecule has 3 aromatic heterocycles. The molecule has 0 bridgehead atoms. The summed E-state index contributed by atoms with van der Waals surface area (Å²) in [6.45, 7) is 0. The van der Waals surface area contributed by atoms with Gasteiger partial charge in [-0.1, -0.05) is 146 Å². The lowest BCUT2D eigenvalue weighted by Crippen LogP contribution is -2.00. The Hall–Kier alpha value is -6.43. The van der Waals surface area contributed by atoms with Gasteiger partial charge in [-0.25, -0.2) is 15.0 Å². The second kappa shape index (κ2) is 11.6. The second-order valence-electron chi connectivity index (χ2n) is 12.4. The van der Waals surface area contributed by atoms with Crippen molar-refractivity contribution in [1.82, 2.24) is 15.0 Å². The molecule has 0 saturated carbocycles. The zero-order valence-electron chi connectivity index (χ0n) is 26.7. The first-order valence-corrected chi connectivity index (χ1v) is 17.4. The highest BCUT2D eigenvalue weighted by molar-refractivity contribution is 7.25. The number of nitrogens with zero attached hydrogens (tertiary/aromatic N) is 3. The number of hydrogen-bond donors (Lipinski definition) is 0. The molecule has 0 aliphatic heterocycles. The van der Waals surface area contributed by atoms with Crippen LogP contribution in [0.1, 0.15) is 0 Å². The van der Waals surface area contributed by atoms with Gasteiger partial charge >= 0.3 is 0 Å². The third-order valence-electron chi connectivity index (χ3n) is 9.36. The van der Waals surface area contributed by atoms with Crippen molar-refractivity contribution in [1.29, 1.82) is 0 Å². The van der Waals surface area contributed by atoms with Crippen molar-refractivity contribution in [2.45, 2.75) is 0 Å². The largest absolute Gasteiger partial charge is 0.455 e. The fourth-order valence-electron chi connectivity index (χ4n) is 6.91. The Morgan fingerprint density at radius 3 is 1.50 bits per heavy atom. The van der Waals surface area contributed by atoms with Gasteiger partial charge in [0.05, 0.1) is 5.56 Å². The second-order valence-corrected chi connectivity index (χ2v) is 13.5. The quantitative estimate of drug-likeness (QED) is 0.185. The van der Waals surface area contributed by atoms with Gasteiger partial charge in [0.2, 0.25) is 0 Å². The molecule has 10 rings (SSSR count). The average molecular weight is 658 g/mol. The first kappa shape index (κ1) is 28.6. The van der Waals surface area contributed by atoms with Gasteiger partial charge in [-0.15, -0.1) is 11.3 Å². The first-order valence-electron chi connectivity index (χ1n) is 16.6. The number of benzene rings is 7. The van der Waals surface area contributed by atoms with E-state index in [0.717, 1.165) is 49.8 Å². The molecule has 0 aliphatic carbocycles. The molecule has 10 aromatic rings. The molecular weight excluding hydrogens is 631 g/mol. The van der Waals surface area contributed by atoms with Crippen LogP contribution >= 0.6 is 11.3 Å². The first-order chi connectivity index (χ1) is 24.8. The number of para-hydroxylation sites is 2. The van der Waals surface area contributed by atoms with E-state index in [4.69, 9.17) is 19.4 Å². The van der Waals surface area contributed by atoms with Gasteiger partial charge in [0.15, 0.2) is 17.5 Å². The summed E-state index contributed by atoms with van der Waals surface area (Å²) in [6.07, 6.45) is 0. The van der Waals surface area contributed by atoms with Gasteiger partial charge in [0, 0.05) is 47.6 Å². The van der Waals surface area contributed by atoms with Crippen molar-refractivity contribution in [2.24, 2.45) is 0 Å². The third kappa shape index (κ3) is 4.79. The van der Waals surface area contributed by atoms with Crippen molar-refractivity contribution >= 4 is 53.4 Å². The Labute approximate surface area is 292 Å². The number of hydrogen-bond acceptors (Lipinski definition) is 5. The van der Waals surface area contributed by atoms with Crippen LogP contribution in [0.25, 0.3) is 98.5 Å². The van der Waals surface area contributed by atoms with E-state index in [1.807, 2.05) is 42.5 Å². The summed E-state index contributed by atoms with van der Waals surface area (Å²) in [5, 5.41) is 4.57. The maximum absolute atomic E-state index is 6.75. The third-order valence-corrected chi connectivity index (χ3v) is 10.5. The molecule has 7 aromatic carbocycles. The van der Waals surface area contributed by atoms with Crippen LogP contribution in [-0.2, 0) is 0 Å². The van der Waals surface area contributed by atoms with E-state index >= 15 is 0 Å². The van der Waals surface area contributed by atoms with Crippen LogP contribution in [0.2, 0.25) is 0 Å². The van der Waals surface area contributed by atoms with Crippen molar-refractivity contribution in [2.75, 3.05) is 0 Å². The van der Waals surface area contributed by atoms with Gasteiger partial charge in [-0.2, -0.15) is 0 Å². The molecule has 4 nitrogen and oxygen atoms in total. The van der Waals surface area contributed by atoms with Gasteiger partial charge in [-0.05, 0) is 34.9 Å². The summed E-state index contributed by atoms with van der Waals surface area (Å²) in [4.78, 5) is 15.2. The topological polar surface area (TPSA) is 51.8 Å². The van der Waals surface area contributed by atoms with E-state index in [2.05, 4.69) is 121 Å². The highest BCUT2D eigenvalue weighted by Crippen LogP contribution is 2.41. The minimum absolute atomic E-state index is 0.573. The molecule has 0 amide bonds. The van der Waals surface area contributed by atoms with Gasteiger partial charge < -0.3 is 4.42 Å².